The highest BCUT2D eigenvalue weighted by Crippen LogP contribution is 2.32. The van der Waals surface area contributed by atoms with Gasteiger partial charge in [-0.2, -0.15) is 10.1 Å². The molecule has 9 heteroatoms. The van der Waals surface area contributed by atoms with Crippen LogP contribution in [0.15, 0.2) is 42.7 Å². The van der Waals surface area contributed by atoms with E-state index in [4.69, 9.17) is 15.1 Å². The van der Waals surface area contributed by atoms with E-state index in [0.717, 1.165) is 39.9 Å². The van der Waals surface area contributed by atoms with Crippen molar-refractivity contribution in [3.05, 3.63) is 48.3 Å². The molecule has 1 aromatic carbocycles. The second-order valence-electron chi connectivity index (χ2n) is 10.1. The van der Waals surface area contributed by atoms with Gasteiger partial charge < -0.3 is 15.1 Å². The number of carbonyl (C=O) groups excluding carboxylic acids is 1. The Morgan fingerprint density at radius 3 is 2.64 bits per heavy atom. The molecule has 1 atom stereocenters. The first-order chi connectivity index (χ1) is 17.5. The number of nitrogens with one attached hydrogen (secondary N) is 1. The second-order valence-corrected chi connectivity index (χ2v) is 10.1. The average molecular weight is 485 g/mol. The average Bonchev–Trinajstić information content (AvgIpc) is 3.29. The molecule has 2 fully saturated rings. The summed E-state index contributed by atoms with van der Waals surface area (Å²) in [6.45, 7) is 7.44. The number of rotatable bonds is 6. The van der Waals surface area contributed by atoms with Crippen LogP contribution in [0.25, 0.3) is 21.9 Å². The highest BCUT2D eigenvalue weighted by atomic mass is 16.2. The van der Waals surface area contributed by atoms with Gasteiger partial charge in [0.05, 0.1) is 17.8 Å². The van der Waals surface area contributed by atoms with Gasteiger partial charge in [0.25, 0.3) is 0 Å². The maximum atomic E-state index is 11.8. The van der Waals surface area contributed by atoms with Crippen LogP contribution in [-0.2, 0) is 11.3 Å². The third-order valence-corrected chi connectivity index (χ3v) is 7.61. The molecule has 0 spiro atoms. The lowest BCUT2D eigenvalue weighted by Gasteiger charge is -2.34. The number of nitrogens with zero attached hydrogens (tertiary/aromatic N) is 7. The number of hydrogen-bond donors (Lipinski definition) is 1. The maximum absolute atomic E-state index is 11.8. The van der Waals surface area contributed by atoms with Gasteiger partial charge in [-0.15, -0.1) is 0 Å². The molecule has 1 N–H and O–H groups in total. The van der Waals surface area contributed by atoms with Crippen molar-refractivity contribution in [1.29, 1.82) is 0 Å². The maximum Gasteiger partial charge on any atom is 0.228 e. The Labute approximate surface area is 210 Å². The van der Waals surface area contributed by atoms with Crippen LogP contribution < -0.4 is 10.2 Å². The highest BCUT2D eigenvalue weighted by Gasteiger charge is 2.25. The van der Waals surface area contributed by atoms with Crippen molar-refractivity contribution in [2.75, 3.05) is 36.4 Å². The molecule has 1 saturated heterocycles. The van der Waals surface area contributed by atoms with Gasteiger partial charge in [0, 0.05) is 51.2 Å². The Morgan fingerprint density at radius 1 is 1.08 bits per heavy atom. The van der Waals surface area contributed by atoms with Gasteiger partial charge in [-0.3, -0.25) is 14.5 Å². The molecule has 1 amide bonds. The van der Waals surface area contributed by atoms with E-state index >= 15 is 0 Å². The minimum Gasteiger partial charge on any atom is -0.362 e. The minimum atomic E-state index is -0.00494. The molecule has 36 heavy (non-hydrogen) atoms. The van der Waals surface area contributed by atoms with Crippen molar-refractivity contribution in [1.82, 2.24) is 29.6 Å². The monoisotopic (exact) mass is 484 g/mol. The van der Waals surface area contributed by atoms with E-state index in [1.54, 1.807) is 6.92 Å². The zero-order valence-corrected chi connectivity index (χ0v) is 20.9. The molecule has 186 valence electrons. The Morgan fingerprint density at radius 2 is 1.89 bits per heavy atom. The topological polar surface area (TPSA) is 92.1 Å². The van der Waals surface area contributed by atoms with Crippen LogP contribution in [-0.4, -0.2) is 61.7 Å². The van der Waals surface area contributed by atoms with E-state index in [0.29, 0.717) is 38.0 Å². The number of hydrogen-bond acceptors (Lipinski definition) is 7. The summed E-state index contributed by atoms with van der Waals surface area (Å²) in [7, 11) is 0. The van der Waals surface area contributed by atoms with Gasteiger partial charge in [0.2, 0.25) is 11.9 Å². The molecule has 3 aromatic heterocycles. The summed E-state index contributed by atoms with van der Waals surface area (Å²) in [4.78, 5) is 30.4. The number of aromatic nitrogens is 5. The first kappa shape index (κ1) is 22.7. The summed E-state index contributed by atoms with van der Waals surface area (Å²) >= 11 is 0. The van der Waals surface area contributed by atoms with E-state index in [1.807, 2.05) is 35.5 Å². The predicted molar refractivity (Wildman–Crippen MR) is 141 cm³/mol. The lowest BCUT2D eigenvalue weighted by molar-refractivity contribution is -0.129. The fraction of sp³-hybridized carbons (Fsp3) is 0.444. The smallest absolute Gasteiger partial charge is 0.228 e. The summed E-state index contributed by atoms with van der Waals surface area (Å²) < 4.78 is 2.07. The first-order valence-electron chi connectivity index (χ1n) is 12.9. The molecular weight excluding hydrogens is 452 g/mol. The van der Waals surface area contributed by atoms with Crippen molar-refractivity contribution in [3.63, 3.8) is 0 Å². The molecule has 4 aromatic rings. The number of fused-ring (bicyclic) bond motifs is 2. The lowest BCUT2D eigenvalue weighted by atomic mass is 9.85. The fourth-order valence-corrected chi connectivity index (χ4v) is 5.12. The van der Waals surface area contributed by atoms with Gasteiger partial charge in [0.15, 0.2) is 5.82 Å². The molecule has 2 aliphatic rings. The molecule has 4 heterocycles. The van der Waals surface area contributed by atoms with E-state index in [-0.39, 0.29) is 11.9 Å². The third kappa shape index (κ3) is 4.34. The lowest BCUT2D eigenvalue weighted by Crippen LogP contribution is -2.48. The Kier molecular flexibility index (Phi) is 5.91. The molecule has 1 saturated carbocycles. The number of piperazine rings is 1. The van der Waals surface area contributed by atoms with E-state index in [1.165, 1.54) is 19.3 Å². The third-order valence-electron chi connectivity index (χ3n) is 7.61. The van der Waals surface area contributed by atoms with Crippen molar-refractivity contribution < 1.29 is 4.79 Å². The summed E-state index contributed by atoms with van der Waals surface area (Å²) in [5, 5.41) is 9.50. The standard InChI is InChI=1S/C27H32N8O/c1-18(22-14-21-8-3-4-9-23(21)28-15-22)30-26-25-24(16-29-35(25)17-20-6-5-7-20)31-27(32-26)34-12-10-33(11-13-34)19(2)36/h3-4,8-9,14-16,18,20H,5-7,10-13,17H2,1-2H3,(H,30,31,32)/t18-/m1/s1. The normalized spacial score (nSPS) is 17.4. The van der Waals surface area contributed by atoms with Crippen LogP contribution in [0.5, 0.6) is 0 Å². The number of benzene rings is 1. The number of carbonyl (C=O) groups is 1. The fourth-order valence-electron chi connectivity index (χ4n) is 5.12. The Hall–Kier alpha value is -3.75. The number of anilines is 2. The molecule has 1 aliphatic carbocycles. The molecule has 6 rings (SSSR count). The first-order valence-corrected chi connectivity index (χ1v) is 12.9. The van der Waals surface area contributed by atoms with Gasteiger partial charge in [-0.25, -0.2) is 4.98 Å². The SMILES string of the molecule is CC(=O)N1CCN(c2nc(N[C@H](C)c3cnc4ccccc4c3)c3c(cnn3CC3CCC3)n2)CC1. The van der Waals surface area contributed by atoms with Crippen molar-refractivity contribution in [3.8, 4) is 0 Å². The van der Waals surface area contributed by atoms with E-state index < -0.39 is 0 Å². The number of para-hydroxylation sites is 1. The van der Waals surface area contributed by atoms with Crippen molar-refractivity contribution in [2.24, 2.45) is 5.92 Å². The van der Waals surface area contributed by atoms with Crippen LogP contribution in [0.2, 0.25) is 0 Å². The predicted octanol–water partition coefficient (Wildman–Crippen LogP) is 4.02. The quantitative estimate of drug-likeness (QED) is 0.442. The van der Waals surface area contributed by atoms with Crippen LogP contribution in [0.4, 0.5) is 11.8 Å². The zero-order valence-electron chi connectivity index (χ0n) is 20.9. The minimum absolute atomic E-state index is 0.00494. The summed E-state index contributed by atoms with van der Waals surface area (Å²) in [6, 6.07) is 10.4. The van der Waals surface area contributed by atoms with E-state index in [9.17, 15) is 4.79 Å². The molecule has 0 bridgehead atoms. The van der Waals surface area contributed by atoms with Crippen LogP contribution in [0.3, 0.4) is 0 Å². The van der Waals surface area contributed by atoms with E-state index in [2.05, 4.69) is 38.9 Å². The molecule has 0 radical (unpaired) electrons. The van der Waals surface area contributed by atoms with Crippen LogP contribution in [0, 0.1) is 5.92 Å². The van der Waals surface area contributed by atoms with Gasteiger partial charge >= 0.3 is 0 Å². The molecule has 1 aliphatic heterocycles. The summed E-state index contributed by atoms with van der Waals surface area (Å²) in [6.07, 6.45) is 7.60. The second kappa shape index (κ2) is 9.37. The van der Waals surface area contributed by atoms with Gasteiger partial charge in [0.1, 0.15) is 11.0 Å². The number of amides is 1. The number of pyridine rings is 1. The Balaban J connectivity index is 1.34. The Bertz CT molecular complexity index is 1400. The molecule has 0 unspecified atom stereocenters. The van der Waals surface area contributed by atoms with Crippen LogP contribution in [0.1, 0.15) is 44.7 Å². The molecule has 9 nitrogen and oxygen atoms in total. The summed E-state index contributed by atoms with van der Waals surface area (Å²) in [5.41, 5.74) is 3.89. The van der Waals surface area contributed by atoms with Crippen LogP contribution >= 0.6 is 0 Å². The highest BCUT2D eigenvalue weighted by molar-refractivity contribution is 5.87. The van der Waals surface area contributed by atoms with Crippen molar-refractivity contribution >= 4 is 39.6 Å². The van der Waals surface area contributed by atoms with Gasteiger partial charge in [-0.1, -0.05) is 24.6 Å². The summed E-state index contributed by atoms with van der Waals surface area (Å²) in [5.74, 6) is 2.26. The molecular formula is C27H32N8O. The van der Waals surface area contributed by atoms with Crippen molar-refractivity contribution in [2.45, 2.75) is 45.7 Å². The zero-order chi connectivity index (χ0) is 24.6. The van der Waals surface area contributed by atoms with Gasteiger partial charge in [-0.05, 0) is 43.4 Å². The largest absolute Gasteiger partial charge is 0.362 e.